The van der Waals surface area contributed by atoms with Crippen molar-refractivity contribution in [2.75, 3.05) is 18.2 Å². The molecule has 2 aromatic carbocycles. The SMILES string of the molecule is O=C(O)c1cccc(N2CC[C@@H](Oc3ccc4c(c3)OCO4)C2=O)c1. The highest BCUT2D eigenvalue weighted by atomic mass is 16.7. The summed E-state index contributed by atoms with van der Waals surface area (Å²) in [5.74, 6) is 0.553. The van der Waals surface area contributed by atoms with Crippen molar-refractivity contribution in [2.45, 2.75) is 12.5 Å². The summed E-state index contributed by atoms with van der Waals surface area (Å²) in [4.78, 5) is 25.3. The Morgan fingerprint density at radius 1 is 1.16 bits per heavy atom. The lowest BCUT2D eigenvalue weighted by molar-refractivity contribution is -0.122. The van der Waals surface area contributed by atoms with E-state index in [1.165, 1.54) is 12.1 Å². The maximum atomic E-state index is 12.6. The van der Waals surface area contributed by atoms with Gasteiger partial charge in [-0.1, -0.05) is 6.07 Å². The first kappa shape index (κ1) is 15.3. The Hall–Kier alpha value is -3.22. The molecule has 0 aliphatic carbocycles. The fourth-order valence-corrected chi connectivity index (χ4v) is 2.94. The first-order valence-electron chi connectivity index (χ1n) is 7.83. The van der Waals surface area contributed by atoms with E-state index >= 15 is 0 Å². The van der Waals surface area contributed by atoms with Crippen LogP contribution in [-0.4, -0.2) is 36.4 Å². The topological polar surface area (TPSA) is 85.3 Å². The predicted molar refractivity (Wildman–Crippen MR) is 87.4 cm³/mol. The summed E-state index contributed by atoms with van der Waals surface area (Å²) in [6.07, 6.45) is -0.0984. The van der Waals surface area contributed by atoms with E-state index in [1.54, 1.807) is 35.2 Å². The van der Waals surface area contributed by atoms with Crippen molar-refractivity contribution in [3.8, 4) is 17.2 Å². The van der Waals surface area contributed by atoms with Gasteiger partial charge in [0.15, 0.2) is 17.6 Å². The summed E-state index contributed by atoms with van der Waals surface area (Å²) >= 11 is 0. The highest BCUT2D eigenvalue weighted by molar-refractivity contribution is 6.00. The molecule has 0 unspecified atom stereocenters. The van der Waals surface area contributed by atoms with Gasteiger partial charge < -0.3 is 24.2 Å². The molecule has 1 fully saturated rings. The van der Waals surface area contributed by atoms with Gasteiger partial charge in [-0.15, -0.1) is 0 Å². The number of carbonyl (C=O) groups excluding carboxylic acids is 1. The molecule has 2 aliphatic heterocycles. The van der Waals surface area contributed by atoms with Crippen LogP contribution in [0.25, 0.3) is 0 Å². The number of aromatic carboxylic acids is 1. The van der Waals surface area contributed by atoms with Crippen LogP contribution in [0.3, 0.4) is 0 Å². The van der Waals surface area contributed by atoms with Crippen LogP contribution in [0.5, 0.6) is 17.2 Å². The van der Waals surface area contributed by atoms with Crippen molar-refractivity contribution in [1.82, 2.24) is 0 Å². The Morgan fingerprint density at radius 3 is 2.84 bits per heavy atom. The number of carboxylic acid groups (broad SMARTS) is 1. The van der Waals surface area contributed by atoms with E-state index < -0.39 is 12.1 Å². The number of carboxylic acids is 1. The van der Waals surface area contributed by atoms with Gasteiger partial charge in [-0.05, 0) is 30.3 Å². The van der Waals surface area contributed by atoms with E-state index in [0.717, 1.165) is 0 Å². The highest BCUT2D eigenvalue weighted by Crippen LogP contribution is 2.36. The number of nitrogens with zero attached hydrogens (tertiary/aromatic N) is 1. The lowest BCUT2D eigenvalue weighted by Crippen LogP contribution is -2.32. The number of hydrogen-bond donors (Lipinski definition) is 1. The lowest BCUT2D eigenvalue weighted by atomic mass is 10.2. The summed E-state index contributed by atoms with van der Waals surface area (Å²) in [6, 6.07) is 11.5. The molecular formula is C18H15NO6. The maximum Gasteiger partial charge on any atom is 0.335 e. The zero-order valence-corrected chi connectivity index (χ0v) is 13.2. The van der Waals surface area contributed by atoms with Gasteiger partial charge in [-0.2, -0.15) is 0 Å². The van der Waals surface area contributed by atoms with Gasteiger partial charge in [-0.3, -0.25) is 4.79 Å². The second kappa shape index (κ2) is 6.01. The van der Waals surface area contributed by atoms with E-state index in [4.69, 9.17) is 19.3 Å². The smallest absolute Gasteiger partial charge is 0.335 e. The third-order valence-electron chi connectivity index (χ3n) is 4.18. The molecule has 4 rings (SSSR count). The summed E-state index contributed by atoms with van der Waals surface area (Å²) in [7, 11) is 0. The quantitative estimate of drug-likeness (QED) is 0.918. The highest BCUT2D eigenvalue weighted by Gasteiger charge is 2.34. The number of anilines is 1. The Labute approximate surface area is 143 Å². The van der Waals surface area contributed by atoms with Gasteiger partial charge in [0.2, 0.25) is 6.79 Å². The number of rotatable bonds is 4. The molecule has 2 aromatic rings. The number of benzene rings is 2. The molecule has 0 spiro atoms. The standard InChI is InChI=1S/C18H15NO6/c20-17-15(25-13-4-5-14-16(9-13)24-10-23-14)6-7-19(17)12-3-1-2-11(8-12)18(21)22/h1-5,8-9,15H,6-7,10H2,(H,21,22)/t15-/m1/s1. The molecule has 2 aliphatic rings. The molecule has 0 aromatic heterocycles. The number of amides is 1. The van der Waals surface area contributed by atoms with Gasteiger partial charge in [0, 0.05) is 24.7 Å². The molecule has 1 atom stereocenters. The molecule has 25 heavy (non-hydrogen) atoms. The third kappa shape index (κ3) is 2.84. The van der Waals surface area contributed by atoms with Crippen LogP contribution in [0.4, 0.5) is 5.69 Å². The average molecular weight is 341 g/mol. The first-order valence-corrected chi connectivity index (χ1v) is 7.83. The first-order chi connectivity index (χ1) is 12.1. The minimum Gasteiger partial charge on any atom is -0.480 e. The van der Waals surface area contributed by atoms with Crippen LogP contribution in [0, 0.1) is 0 Å². The second-order valence-electron chi connectivity index (χ2n) is 5.76. The Bertz CT molecular complexity index is 849. The monoisotopic (exact) mass is 341 g/mol. The Balaban J connectivity index is 1.50. The van der Waals surface area contributed by atoms with Gasteiger partial charge >= 0.3 is 5.97 Å². The van der Waals surface area contributed by atoms with Crippen molar-refractivity contribution >= 4 is 17.6 Å². The molecule has 0 bridgehead atoms. The van der Waals surface area contributed by atoms with Crippen LogP contribution in [-0.2, 0) is 4.79 Å². The molecule has 1 saturated heterocycles. The molecule has 1 N–H and O–H groups in total. The van der Waals surface area contributed by atoms with Gasteiger partial charge in [0.1, 0.15) is 5.75 Å². The molecule has 128 valence electrons. The van der Waals surface area contributed by atoms with E-state index in [9.17, 15) is 9.59 Å². The van der Waals surface area contributed by atoms with Crippen LogP contribution < -0.4 is 19.1 Å². The predicted octanol–water partition coefficient (Wildman–Crippen LogP) is 2.30. The second-order valence-corrected chi connectivity index (χ2v) is 5.76. The largest absolute Gasteiger partial charge is 0.480 e. The van der Waals surface area contributed by atoms with E-state index in [2.05, 4.69) is 0 Å². The van der Waals surface area contributed by atoms with Crippen LogP contribution in [0.2, 0.25) is 0 Å². The van der Waals surface area contributed by atoms with Crippen LogP contribution in [0.15, 0.2) is 42.5 Å². The Kier molecular flexibility index (Phi) is 3.68. The van der Waals surface area contributed by atoms with Gasteiger partial charge in [-0.25, -0.2) is 4.79 Å². The van der Waals surface area contributed by atoms with Crippen LogP contribution in [0.1, 0.15) is 16.8 Å². The minimum absolute atomic E-state index is 0.144. The summed E-state index contributed by atoms with van der Waals surface area (Å²) < 4.78 is 16.4. The summed E-state index contributed by atoms with van der Waals surface area (Å²) in [5, 5.41) is 9.09. The molecule has 1 amide bonds. The van der Waals surface area contributed by atoms with Crippen molar-refractivity contribution in [3.05, 3.63) is 48.0 Å². The summed E-state index contributed by atoms with van der Waals surface area (Å²) in [6.45, 7) is 0.645. The Morgan fingerprint density at radius 2 is 2.00 bits per heavy atom. The number of carbonyl (C=O) groups is 2. The third-order valence-corrected chi connectivity index (χ3v) is 4.18. The molecule has 7 nitrogen and oxygen atoms in total. The maximum absolute atomic E-state index is 12.6. The van der Waals surface area contributed by atoms with Gasteiger partial charge in [0.25, 0.3) is 5.91 Å². The van der Waals surface area contributed by atoms with E-state index in [0.29, 0.717) is 35.9 Å². The molecular weight excluding hydrogens is 326 g/mol. The normalized spacial score (nSPS) is 18.5. The fourth-order valence-electron chi connectivity index (χ4n) is 2.94. The molecule has 0 saturated carbocycles. The van der Waals surface area contributed by atoms with Crippen molar-refractivity contribution in [2.24, 2.45) is 0 Å². The van der Waals surface area contributed by atoms with Crippen molar-refractivity contribution in [3.63, 3.8) is 0 Å². The zero-order valence-electron chi connectivity index (χ0n) is 13.2. The molecule has 7 heteroatoms. The van der Waals surface area contributed by atoms with Gasteiger partial charge in [0.05, 0.1) is 5.56 Å². The number of hydrogen-bond acceptors (Lipinski definition) is 5. The number of fused-ring (bicyclic) bond motifs is 1. The van der Waals surface area contributed by atoms with Crippen molar-refractivity contribution in [1.29, 1.82) is 0 Å². The molecule has 0 radical (unpaired) electrons. The van der Waals surface area contributed by atoms with E-state index in [1.807, 2.05) is 0 Å². The number of ether oxygens (including phenoxy) is 3. The van der Waals surface area contributed by atoms with Crippen LogP contribution >= 0.6 is 0 Å². The lowest BCUT2D eigenvalue weighted by Gasteiger charge is -2.17. The molecule has 2 heterocycles. The van der Waals surface area contributed by atoms with Crippen molar-refractivity contribution < 1.29 is 28.9 Å². The summed E-state index contributed by atoms with van der Waals surface area (Å²) in [5.41, 5.74) is 0.701. The fraction of sp³-hybridized carbons (Fsp3) is 0.222. The minimum atomic E-state index is -1.03. The zero-order chi connectivity index (χ0) is 17.4. The van der Waals surface area contributed by atoms with E-state index in [-0.39, 0.29) is 18.3 Å². The average Bonchev–Trinajstić information content (AvgIpc) is 3.22.